The molecule has 0 unspecified atom stereocenters. The number of hydrogen-bond donors (Lipinski definition) is 3. The molecule has 0 aromatic heterocycles. The molecule has 0 aliphatic rings. The zero-order valence-electron chi connectivity index (χ0n) is 6.57. The maximum atomic E-state index is 7.44. The smallest absolute Gasteiger partial charge is 0.566 e. The molecule has 0 amide bonds. The van der Waals surface area contributed by atoms with Crippen LogP contribution in [-0.4, -0.2) is 15.3 Å². The summed E-state index contributed by atoms with van der Waals surface area (Å²) >= 11 is 0. The Bertz CT molecular complexity index is 17.7. The average molecular weight is 183 g/mol. The van der Waals surface area contributed by atoms with E-state index in [1.807, 2.05) is 0 Å². The molecule has 3 N–H and O–H groups in total. The van der Waals surface area contributed by atoms with Crippen LogP contribution in [0.5, 0.6) is 0 Å². The van der Waals surface area contributed by atoms with Gasteiger partial charge in [0.1, 0.15) is 0 Å². The maximum absolute atomic E-state index is 7.44. The van der Waals surface area contributed by atoms with Crippen LogP contribution in [0.25, 0.3) is 0 Å². The summed E-state index contributed by atoms with van der Waals surface area (Å²) in [7, 11) is 0. The van der Waals surface area contributed by atoms with Crippen LogP contribution in [0.3, 0.4) is 0 Å². The number of aliphatic hydroxyl groups is 3. The molecule has 0 saturated carbocycles. The van der Waals surface area contributed by atoms with E-state index in [1.165, 1.54) is 0 Å². The van der Waals surface area contributed by atoms with Crippen molar-refractivity contribution in [2.75, 3.05) is 0 Å². The van der Waals surface area contributed by atoms with Crippen molar-refractivity contribution >= 4 is 0 Å². The molecule has 61 valence electrons. The number of hydrogen-bond acceptors (Lipinski definition) is 3. The molecule has 3 nitrogen and oxygen atoms in total. The van der Waals surface area contributed by atoms with E-state index in [2.05, 4.69) is 0 Å². The van der Waals surface area contributed by atoms with Crippen molar-refractivity contribution in [2.24, 2.45) is 0 Å². The van der Waals surface area contributed by atoms with E-state index in [-0.39, 0.29) is 21.7 Å². The van der Waals surface area contributed by atoms with Crippen LogP contribution in [0.4, 0.5) is 0 Å². The maximum Gasteiger partial charge on any atom is 3.00 e. The summed E-state index contributed by atoms with van der Waals surface area (Å²) in [6.07, 6.45) is 0. The van der Waals surface area contributed by atoms with E-state index in [0.29, 0.717) is 0 Å². The molecule has 4 heteroatoms. The second-order valence-corrected chi connectivity index (χ2v) is 0.775. The first-order valence-electron chi connectivity index (χ1n) is 2.51. The Hall–Kier alpha value is 0.594. The van der Waals surface area contributed by atoms with Crippen LogP contribution in [0.1, 0.15) is 20.8 Å². The molecule has 0 heterocycles. The van der Waals surface area contributed by atoms with Gasteiger partial charge in [0.15, 0.2) is 0 Å². The number of rotatable bonds is 0. The van der Waals surface area contributed by atoms with Gasteiger partial charge in [-0.3, -0.25) is 0 Å². The van der Waals surface area contributed by atoms with Crippen LogP contribution in [0.15, 0.2) is 0 Å². The molecule has 0 atom stereocenters. The molecule has 1 radical (unpaired) electrons. The van der Waals surface area contributed by atoms with Crippen LogP contribution in [0.2, 0.25) is 0 Å². The molecule has 0 aliphatic carbocycles. The van der Waals surface area contributed by atoms with E-state index in [9.17, 15) is 0 Å². The minimum Gasteiger partial charge on any atom is -0.566 e. The fourth-order valence-electron chi connectivity index (χ4n) is 0. The minimum absolute atomic E-state index is 0. The summed E-state index contributed by atoms with van der Waals surface area (Å²) in [5, 5.41) is 22.3. The molecular weight excluding hydrogens is 168 g/mol. The second kappa shape index (κ2) is 54.9. The molecule has 0 aromatic carbocycles. The van der Waals surface area contributed by atoms with Gasteiger partial charge in [-0.15, -0.1) is 0 Å². The Morgan fingerprint density at radius 1 is 0.700 bits per heavy atom. The first-order valence-corrected chi connectivity index (χ1v) is 2.51. The Morgan fingerprint density at radius 3 is 0.700 bits per heavy atom. The fraction of sp³-hybridized carbons (Fsp3) is 0.500. The molecule has 0 spiro atoms. The minimum atomic E-state index is 0. The van der Waals surface area contributed by atoms with Gasteiger partial charge in [-0.05, 0) is 0 Å². The van der Waals surface area contributed by atoms with Gasteiger partial charge >= 0.3 is 21.7 Å². The average Bonchev–Trinajstić information content (AvgIpc) is 1.70. The first-order chi connectivity index (χ1) is 4.24. The fourth-order valence-corrected chi connectivity index (χ4v) is 0. The monoisotopic (exact) mass is 183 g/mol. The summed E-state index contributed by atoms with van der Waals surface area (Å²) in [6.45, 7) is 7.67. The molecule has 0 saturated heterocycles. The van der Waals surface area contributed by atoms with E-state index in [4.69, 9.17) is 15.3 Å². The van der Waals surface area contributed by atoms with Gasteiger partial charge in [0.05, 0.1) is 0 Å². The Kier molecular flexibility index (Phi) is 123. The molecule has 0 bridgehead atoms. The van der Waals surface area contributed by atoms with Crippen LogP contribution >= 0.6 is 0 Å². The zero-order chi connectivity index (χ0) is 8.12. The predicted octanol–water partition coefficient (Wildman–Crippen LogP) is 1.62. The van der Waals surface area contributed by atoms with Crippen molar-refractivity contribution in [3.05, 3.63) is 19.8 Å². The van der Waals surface area contributed by atoms with E-state index < -0.39 is 0 Å². The van der Waals surface area contributed by atoms with Crippen LogP contribution in [-0.2, 0) is 21.7 Å². The van der Waals surface area contributed by atoms with Gasteiger partial charge < -0.3 is 15.3 Å². The van der Waals surface area contributed by atoms with E-state index in [0.717, 1.165) is 19.8 Å². The topological polar surface area (TPSA) is 60.7 Å². The molecule has 0 rings (SSSR count). The Labute approximate surface area is 78.0 Å². The molecule has 0 fully saturated rings. The first kappa shape index (κ1) is 22.4. The second-order valence-electron chi connectivity index (χ2n) is 0.775. The number of aliphatic hydroxyl groups excluding tert-OH is 3. The standard InChI is InChI=1S/3C2H5O.Ti/c3*1-2-3;/h3*2-3H,1H3;/q3*-1;+3. The molecule has 0 aliphatic heterocycles. The van der Waals surface area contributed by atoms with Crippen molar-refractivity contribution in [3.63, 3.8) is 0 Å². The summed E-state index contributed by atoms with van der Waals surface area (Å²) in [6, 6.07) is 0. The van der Waals surface area contributed by atoms with Crippen molar-refractivity contribution < 1.29 is 37.0 Å². The van der Waals surface area contributed by atoms with Gasteiger partial charge in [0.25, 0.3) is 0 Å². The normalized spacial score (nSPS) is 5.40. The van der Waals surface area contributed by atoms with Crippen LogP contribution < -0.4 is 0 Å². The summed E-state index contributed by atoms with van der Waals surface area (Å²) in [4.78, 5) is 0. The third kappa shape index (κ3) is 1400. The van der Waals surface area contributed by atoms with Crippen LogP contribution in [0, 0.1) is 19.8 Å². The zero-order valence-corrected chi connectivity index (χ0v) is 8.14. The summed E-state index contributed by atoms with van der Waals surface area (Å²) in [5.41, 5.74) is 0. The predicted molar refractivity (Wildman–Crippen MR) is 35.7 cm³/mol. The molecular formula is C6H15O3Ti. The van der Waals surface area contributed by atoms with Gasteiger partial charge in [0.2, 0.25) is 0 Å². The van der Waals surface area contributed by atoms with Crippen molar-refractivity contribution in [1.82, 2.24) is 0 Å². The third-order valence-corrected chi connectivity index (χ3v) is 0. The Morgan fingerprint density at radius 2 is 0.700 bits per heavy atom. The van der Waals surface area contributed by atoms with Gasteiger partial charge in [-0.1, -0.05) is 0 Å². The molecule has 0 aromatic rings. The quantitative estimate of drug-likeness (QED) is 0.395. The summed E-state index contributed by atoms with van der Waals surface area (Å²) < 4.78 is 0. The van der Waals surface area contributed by atoms with E-state index in [1.54, 1.807) is 20.8 Å². The van der Waals surface area contributed by atoms with Crippen molar-refractivity contribution in [3.8, 4) is 0 Å². The van der Waals surface area contributed by atoms with Gasteiger partial charge in [-0.25, -0.2) is 19.8 Å². The largest absolute Gasteiger partial charge is 3.00 e. The van der Waals surface area contributed by atoms with E-state index >= 15 is 0 Å². The summed E-state index contributed by atoms with van der Waals surface area (Å²) in [5.74, 6) is 0. The molecule has 10 heavy (non-hydrogen) atoms. The van der Waals surface area contributed by atoms with Gasteiger partial charge in [0, 0.05) is 0 Å². The Balaban J connectivity index is -0.0000000257. The third-order valence-electron chi connectivity index (χ3n) is 0. The van der Waals surface area contributed by atoms with Crippen molar-refractivity contribution in [2.45, 2.75) is 20.8 Å². The SMILES string of the molecule is C[CH-]O.C[CH-]O.C[CH-]O.[Ti+3]. The van der Waals surface area contributed by atoms with Crippen molar-refractivity contribution in [1.29, 1.82) is 0 Å². The van der Waals surface area contributed by atoms with Gasteiger partial charge in [-0.2, -0.15) is 20.8 Å².